The van der Waals surface area contributed by atoms with Gasteiger partial charge in [0, 0.05) is 19.0 Å². The SMILES string of the molecule is Cc1cc(SCC(=O)N(C)Cc2ccc(F)cc2)nc2ccccc12. The lowest BCUT2D eigenvalue weighted by Crippen LogP contribution is -2.27. The molecular formula is C20H19FN2OS. The van der Waals surface area contributed by atoms with Crippen LogP contribution in [-0.2, 0) is 11.3 Å². The molecule has 0 aliphatic heterocycles. The second-order valence-electron chi connectivity index (χ2n) is 5.96. The van der Waals surface area contributed by atoms with Gasteiger partial charge in [0.05, 0.1) is 16.3 Å². The molecule has 3 aromatic rings. The van der Waals surface area contributed by atoms with E-state index in [1.165, 1.54) is 23.9 Å². The van der Waals surface area contributed by atoms with Crippen LogP contribution in [0.4, 0.5) is 4.39 Å². The van der Waals surface area contributed by atoms with Gasteiger partial charge in [-0.1, -0.05) is 42.1 Å². The molecule has 0 aliphatic rings. The summed E-state index contributed by atoms with van der Waals surface area (Å²) in [5, 5.41) is 1.98. The Morgan fingerprint density at radius 3 is 2.64 bits per heavy atom. The molecule has 0 N–H and O–H groups in total. The minimum absolute atomic E-state index is 0.0157. The molecule has 1 aromatic heterocycles. The highest BCUT2D eigenvalue weighted by Crippen LogP contribution is 2.23. The predicted molar refractivity (Wildman–Crippen MR) is 100 cm³/mol. The molecule has 1 heterocycles. The molecule has 5 heteroatoms. The van der Waals surface area contributed by atoms with Crippen molar-refractivity contribution in [1.82, 2.24) is 9.88 Å². The van der Waals surface area contributed by atoms with Crippen LogP contribution in [-0.4, -0.2) is 28.6 Å². The fraction of sp³-hybridized carbons (Fsp3) is 0.200. The fourth-order valence-corrected chi connectivity index (χ4v) is 3.50. The number of hydrogen-bond donors (Lipinski definition) is 0. The summed E-state index contributed by atoms with van der Waals surface area (Å²) < 4.78 is 12.9. The minimum Gasteiger partial charge on any atom is -0.341 e. The monoisotopic (exact) mass is 354 g/mol. The zero-order valence-electron chi connectivity index (χ0n) is 14.2. The summed E-state index contributed by atoms with van der Waals surface area (Å²) in [5.74, 6) is 0.0654. The zero-order valence-corrected chi connectivity index (χ0v) is 15.0. The number of thioether (sulfide) groups is 1. The van der Waals surface area contributed by atoms with Crippen LogP contribution in [0.15, 0.2) is 59.6 Å². The highest BCUT2D eigenvalue weighted by Gasteiger charge is 2.11. The van der Waals surface area contributed by atoms with E-state index in [9.17, 15) is 9.18 Å². The molecule has 25 heavy (non-hydrogen) atoms. The third kappa shape index (κ3) is 4.37. The van der Waals surface area contributed by atoms with Gasteiger partial charge in [-0.15, -0.1) is 0 Å². The first kappa shape index (κ1) is 17.4. The molecule has 0 radical (unpaired) electrons. The predicted octanol–water partition coefficient (Wildman–Crippen LogP) is 4.43. The van der Waals surface area contributed by atoms with Gasteiger partial charge >= 0.3 is 0 Å². The van der Waals surface area contributed by atoms with E-state index in [4.69, 9.17) is 0 Å². The summed E-state index contributed by atoms with van der Waals surface area (Å²) in [5.41, 5.74) is 3.00. The van der Waals surface area contributed by atoms with Crippen molar-refractivity contribution >= 4 is 28.6 Å². The Balaban J connectivity index is 1.62. The molecule has 0 atom stereocenters. The van der Waals surface area contributed by atoms with Crippen molar-refractivity contribution in [3.8, 4) is 0 Å². The average molecular weight is 354 g/mol. The molecule has 3 nitrogen and oxygen atoms in total. The standard InChI is InChI=1S/C20H19FN2OS/c1-14-11-19(22-18-6-4-3-5-17(14)18)25-13-20(24)23(2)12-15-7-9-16(21)10-8-15/h3-11H,12-13H2,1-2H3. The summed E-state index contributed by atoms with van der Waals surface area (Å²) in [4.78, 5) is 18.6. The first-order valence-electron chi connectivity index (χ1n) is 8.00. The van der Waals surface area contributed by atoms with Crippen LogP contribution < -0.4 is 0 Å². The lowest BCUT2D eigenvalue weighted by Gasteiger charge is -2.17. The lowest BCUT2D eigenvalue weighted by molar-refractivity contribution is -0.127. The molecule has 0 aliphatic carbocycles. The molecule has 2 aromatic carbocycles. The number of benzene rings is 2. The number of amides is 1. The van der Waals surface area contributed by atoms with Gasteiger partial charge in [-0.2, -0.15) is 0 Å². The molecule has 128 valence electrons. The third-order valence-corrected chi connectivity index (χ3v) is 4.90. The first-order valence-corrected chi connectivity index (χ1v) is 8.99. The van der Waals surface area contributed by atoms with Gasteiger partial charge in [0.25, 0.3) is 0 Å². The van der Waals surface area contributed by atoms with E-state index in [2.05, 4.69) is 11.9 Å². The van der Waals surface area contributed by atoms with E-state index in [1.807, 2.05) is 30.3 Å². The molecule has 0 unspecified atom stereocenters. The summed E-state index contributed by atoms with van der Waals surface area (Å²) in [7, 11) is 1.76. The van der Waals surface area contributed by atoms with Crippen LogP contribution >= 0.6 is 11.8 Å². The number of pyridine rings is 1. The number of carbonyl (C=O) groups is 1. The van der Waals surface area contributed by atoms with Gasteiger partial charge in [-0.05, 0) is 42.3 Å². The van der Waals surface area contributed by atoms with Crippen molar-refractivity contribution in [3.63, 3.8) is 0 Å². The van der Waals surface area contributed by atoms with Crippen LogP contribution in [0.5, 0.6) is 0 Å². The number of hydrogen-bond acceptors (Lipinski definition) is 3. The number of aryl methyl sites for hydroxylation is 1. The van der Waals surface area contributed by atoms with E-state index < -0.39 is 0 Å². The molecule has 1 amide bonds. The Labute approximate surface area is 150 Å². The Kier molecular flexibility index (Phi) is 5.34. The van der Waals surface area contributed by atoms with Crippen LogP contribution in [0, 0.1) is 12.7 Å². The van der Waals surface area contributed by atoms with Crippen LogP contribution in [0.25, 0.3) is 10.9 Å². The molecule has 0 spiro atoms. The molecule has 3 rings (SSSR count). The number of carbonyl (C=O) groups excluding carboxylic acids is 1. The summed E-state index contributed by atoms with van der Waals surface area (Å²) in [6, 6.07) is 16.2. The minimum atomic E-state index is -0.272. The molecule has 0 saturated carbocycles. The van der Waals surface area contributed by atoms with E-state index in [0.717, 1.165) is 27.1 Å². The third-order valence-electron chi connectivity index (χ3n) is 4.00. The number of aromatic nitrogens is 1. The number of nitrogens with zero attached hydrogens (tertiary/aromatic N) is 2. The van der Waals surface area contributed by atoms with Crippen LogP contribution in [0.2, 0.25) is 0 Å². The van der Waals surface area contributed by atoms with Gasteiger partial charge in [-0.25, -0.2) is 9.37 Å². The van der Waals surface area contributed by atoms with Gasteiger partial charge in [0.15, 0.2) is 0 Å². The summed E-state index contributed by atoms with van der Waals surface area (Å²) >= 11 is 1.44. The normalized spacial score (nSPS) is 10.8. The zero-order chi connectivity index (χ0) is 17.8. The summed E-state index contributed by atoms with van der Waals surface area (Å²) in [6.45, 7) is 2.51. The van der Waals surface area contributed by atoms with Gasteiger partial charge < -0.3 is 4.90 Å². The average Bonchev–Trinajstić information content (AvgIpc) is 2.61. The highest BCUT2D eigenvalue weighted by atomic mass is 32.2. The van der Waals surface area contributed by atoms with E-state index >= 15 is 0 Å². The lowest BCUT2D eigenvalue weighted by atomic mass is 10.1. The maximum atomic E-state index is 12.9. The quantitative estimate of drug-likeness (QED) is 0.636. The Bertz CT molecular complexity index is 896. The Morgan fingerprint density at radius 2 is 1.88 bits per heavy atom. The molecule has 0 fully saturated rings. The van der Waals surface area contributed by atoms with Gasteiger partial charge in [-0.3, -0.25) is 4.79 Å². The Hall–Kier alpha value is -2.40. The van der Waals surface area contributed by atoms with Crippen molar-refractivity contribution in [3.05, 3.63) is 71.5 Å². The van der Waals surface area contributed by atoms with Crippen molar-refractivity contribution in [1.29, 1.82) is 0 Å². The van der Waals surface area contributed by atoms with E-state index in [0.29, 0.717) is 12.3 Å². The van der Waals surface area contributed by atoms with E-state index in [-0.39, 0.29) is 11.7 Å². The van der Waals surface area contributed by atoms with Crippen LogP contribution in [0.1, 0.15) is 11.1 Å². The van der Waals surface area contributed by atoms with E-state index in [1.54, 1.807) is 24.1 Å². The van der Waals surface area contributed by atoms with Gasteiger partial charge in [0.2, 0.25) is 5.91 Å². The second kappa shape index (κ2) is 7.66. The maximum absolute atomic E-state index is 12.9. The van der Waals surface area contributed by atoms with Crippen molar-refractivity contribution in [2.45, 2.75) is 18.5 Å². The molecular weight excluding hydrogens is 335 g/mol. The molecule has 0 bridgehead atoms. The largest absolute Gasteiger partial charge is 0.341 e. The summed E-state index contributed by atoms with van der Waals surface area (Å²) in [6.07, 6.45) is 0. The topological polar surface area (TPSA) is 33.2 Å². The van der Waals surface area contributed by atoms with Gasteiger partial charge in [0.1, 0.15) is 5.82 Å². The second-order valence-corrected chi connectivity index (χ2v) is 6.96. The highest BCUT2D eigenvalue weighted by molar-refractivity contribution is 7.99. The smallest absolute Gasteiger partial charge is 0.233 e. The maximum Gasteiger partial charge on any atom is 0.233 e. The first-order chi connectivity index (χ1) is 12.0. The molecule has 0 saturated heterocycles. The fourth-order valence-electron chi connectivity index (χ4n) is 2.59. The number of fused-ring (bicyclic) bond motifs is 1. The van der Waals surface area contributed by atoms with Crippen molar-refractivity contribution < 1.29 is 9.18 Å². The number of halogens is 1. The van der Waals surface area contributed by atoms with Crippen molar-refractivity contribution in [2.24, 2.45) is 0 Å². The Morgan fingerprint density at radius 1 is 1.16 bits per heavy atom. The van der Waals surface area contributed by atoms with Crippen molar-refractivity contribution in [2.75, 3.05) is 12.8 Å². The number of para-hydroxylation sites is 1. The number of rotatable bonds is 5. The van der Waals surface area contributed by atoms with Crippen LogP contribution in [0.3, 0.4) is 0 Å².